The number of aryl methyl sites for hydroxylation is 1. The predicted octanol–water partition coefficient (Wildman–Crippen LogP) is 4.89. The number of aromatic nitrogens is 1. The molecule has 0 aliphatic heterocycles. The summed E-state index contributed by atoms with van der Waals surface area (Å²) in [5, 5.41) is 11.9. The first-order chi connectivity index (χ1) is 11.8. The number of hydrogen-bond donors (Lipinski definition) is 0. The molecule has 0 aliphatic carbocycles. The third kappa shape index (κ3) is 3.55. The van der Waals surface area contributed by atoms with Crippen molar-refractivity contribution in [2.24, 2.45) is 0 Å². The molecule has 25 heavy (non-hydrogen) atoms. The van der Waals surface area contributed by atoms with Gasteiger partial charge in [-0.25, -0.2) is 9.78 Å². The fraction of sp³-hybridized carbons (Fsp3) is 0.0588. The van der Waals surface area contributed by atoms with Crippen LogP contribution in [-0.2, 0) is 0 Å². The van der Waals surface area contributed by atoms with Crippen LogP contribution in [0.3, 0.4) is 0 Å². The Labute approximate surface area is 151 Å². The lowest BCUT2D eigenvalue weighted by atomic mass is 10.1. The highest BCUT2D eigenvalue weighted by molar-refractivity contribution is 6.36. The van der Waals surface area contributed by atoms with Gasteiger partial charge in [-0.2, -0.15) is 0 Å². The molecule has 2 aromatic carbocycles. The van der Waals surface area contributed by atoms with Crippen LogP contribution >= 0.6 is 23.2 Å². The second-order valence-electron chi connectivity index (χ2n) is 5.25. The fourth-order valence-corrected chi connectivity index (χ4v) is 2.80. The molecule has 3 rings (SSSR count). The smallest absolute Gasteiger partial charge is 0.339 e. The normalized spacial score (nSPS) is 10.7. The lowest BCUT2D eigenvalue weighted by molar-refractivity contribution is -0.385. The number of halogens is 2. The van der Waals surface area contributed by atoms with Crippen molar-refractivity contribution in [1.82, 2.24) is 4.98 Å². The zero-order valence-electron chi connectivity index (χ0n) is 12.8. The Bertz CT molecular complexity index is 1050. The lowest BCUT2D eigenvalue weighted by Crippen LogP contribution is -2.02. The molecule has 0 N–H and O–H groups in total. The van der Waals surface area contributed by atoms with Crippen LogP contribution in [0.5, 0.6) is 0 Å². The summed E-state index contributed by atoms with van der Waals surface area (Å²) in [6, 6.07) is 10.5. The number of hydrogen-bond acceptors (Lipinski definition) is 5. The third-order valence-electron chi connectivity index (χ3n) is 3.53. The number of benzene rings is 2. The van der Waals surface area contributed by atoms with Crippen molar-refractivity contribution in [3.8, 4) is 22.7 Å². The van der Waals surface area contributed by atoms with Crippen LogP contribution in [0, 0.1) is 17.0 Å². The molecule has 0 saturated heterocycles. The average molecular weight is 377 g/mol. The molecule has 0 bridgehead atoms. The van der Waals surface area contributed by atoms with E-state index in [1.165, 1.54) is 18.2 Å². The van der Waals surface area contributed by atoms with Gasteiger partial charge in [0.05, 0.1) is 21.7 Å². The molecule has 1 aromatic heterocycles. The van der Waals surface area contributed by atoms with Crippen molar-refractivity contribution in [2.75, 3.05) is 0 Å². The van der Waals surface area contributed by atoms with Gasteiger partial charge in [-0.1, -0.05) is 29.3 Å². The van der Waals surface area contributed by atoms with Crippen LogP contribution in [-0.4, -0.2) is 9.91 Å². The van der Waals surface area contributed by atoms with E-state index in [4.69, 9.17) is 27.6 Å². The topological polar surface area (TPSA) is 86.2 Å². The van der Waals surface area contributed by atoms with E-state index in [9.17, 15) is 14.9 Å². The van der Waals surface area contributed by atoms with Crippen LogP contribution in [0.25, 0.3) is 22.7 Å². The van der Waals surface area contributed by atoms with E-state index < -0.39 is 10.5 Å². The maximum absolute atomic E-state index is 11.9. The minimum atomic E-state index is -0.644. The summed E-state index contributed by atoms with van der Waals surface area (Å²) in [6.07, 6.45) is 0. The zero-order valence-corrected chi connectivity index (χ0v) is 14.3. The van der Waals surface area contributed by atoms with Crippen LogP contribution in [0.15, 0.2) is 51.7 Å². The van der Waals surface area contributed by atoms with Gasteiger partial charge in [0.25, 0.3) is 5.69 Å². The summed E-state index contributed by atoms with van der Waals surface area (Å²) in [5.74, 6) is -0.0309. The number of nitro benzene ring substituents is 1. The SMILES string of the molecule is Cc1ccc(-c2nc(-c3ccc(Cl)cc3Cl)cc(=O)o2)cc1[N+](=O)[O-]. The second-order valence-corrected chi connectivity index (χ2v) is 6.09. The molecule has 0 atom stereocenters. The Hall–Kier alpha value is -2.70. The Morgan fingerprint density at radius 2 is 1.88 bits per heavy atom. The standard InChI is InChI=1S/C17H10Cl2N2O4/c1-9-2-3-10(6-15(9)21(23)24)17-20-14(8-16(22)25-17)12-5-4-11(18)7-13(12)19/h2-8H,1H3. The molecular formula is C17H10Cl2N2O4. The number of nitrogens with zero attached hydrogens (tertiary/aromatic N) is 2. The van der Waals surface area contributed by atoms with E-state index in [2.05, 4.69) is 4.98 Å². The van der Waals surface area contributed by atoms with E-state index in [-0.39, 0.29) is 17.3 Å². The summed E-state index contributed by atoms with van der Waals surface area (Å²) in [6.45, 7) is 1.62. The molecule has 0 amide bonds. The monoisotopic (exact) mass is 376 g/mol. The van der Waals surface area contributed by atoms with Gasteiger partial charge < -0.3 is 4.42 Å². The largest absolute Gasteiger partial charge is 0.404 e. The van der Waals surface area contributed by atoms with Crippen molar-refractivity contribution in [1.29, 1.82) is 0 Å². The van der Waals surface area contributed by atoms with Gasteiger partial charge in [-0.05, 0) is 31.2 Å². The molecular weight excluding hydrogens is 367 g/mol. The highest BCUT2D eigenvalue weighted by Gasteiger charge is 2.16. The van der Waals surface area contributed by atoms with Gasteiger partial charge in [0.15, 0.2) is 0 Å². The molecule has 6 nitrogen and oxygen atoms in total. The van der Waals surface area contributed by atoms with Crippen molar-refractivity contribution in [3.63, 3.8) is 0 Å². The molecule has 126 valence electrons. The van der Waals surface area contributed by atoms with E-state index in [0.717, 1.165) is 0 Å². The highest BCUT2D eigenvalue weighted by atomic mass is 35.5. The van der Waals surface area contributed by atoms with Gasteiger partial charge in [0.2, 0.25) is 5.89 Å². The number of rotatable bonds is 3. The zero-order chi connectivity index (χ0) is 18.1. The molecule has 0 spiro atoms. The first-order valence-electron chi connectivity index (χ1n) is 7.08. The van der Waals surface area contributed by atoms with Crippen molar-refractivity contribution < 1.29 is 9.34 Å². The summed E-state index contributed by atoms with van der Waals surface area (Å²) in [4.78, 5) is 26.8. The summed E-state index contributed by atoms with van der Waals surface area (Å²) in [7, 11) is 0. The van der Waals surface area contributed by atoms with Gasteiger partial charge in [-0.3, -0.25) is 10.1 Å². The van der Waals surface area contributed by atoms with Crippen LogP contribution in [0.2, 0.25) is 10.0 Å². The Morgan fingerprint density at radius 1 is 1.12 bits per heavy atom. The maximum atomic E-state index is 11.9. The highest BCUT2D eigenvalue weighted by Crippen LogP contribution is 2.31. The molecule has 0 aliphatic rings. The van der Waals surface area contributed by atoms with Gasteiger partial charge in [-0.15, -0.1) is 0 Å². The van der Waals surface area contributed by atoms with Gasteiger partial charge in [0, 0.05) is 27.8 Å². The molecule has 0 unspecified atom stereocenters. The fourth-order valence-electron chi connectivity index (χ4n) is 2.30. The van der Waals surface area contributed by atoms with Crippen LogP contribution in [0.1, 0.15) is 5.56 Å². The predicted molar refractivity (Wildman–Crippen MR) is 95.1 cm³/mol. The lowest BCUT2D eigenvalue weighted by Gasteiger charge is -2.06. The Kier molecular flexibility index (Phi) is 4.57. The Balaban J connectivity index is 2.16. The van der Waals surface area contributed by atoms with Gasteiger partial charge in [0.1, 0.15) is 0 Å². The van der Waals surface area contributed by atoms with Crippen molar-refractivity contribution >= 4 is 28.9 Å². The number of nitro groups is 1. The minimum Gasteiger partial charge on any atom is -0.404 e. The molecule has 3 aromatic rings. The summed E-state index contributed by atoms with van der Waals surface area (Å²) >= 11 is 12.0. The first kappa shape index (κ1) is 17.1. The maximum Gasteiger partial charge on any atom is 0.339 e. The second kappa shape index (κ2) is 6.66. The first-order valence-corrected chi connectivity index (χ1v) is 7.84. The quantitative estimate of drug-likeness (QED) is 0.479. The summed E-state index contributed by atoms with van der Waals surface area (Å²) in [5.41, 5.74) is 0.874. The molecule has 0 radical (unpaired) electrons. The third-order valence-corrected chi connectivity index (χ3v) is 4.08. The molecule has 8 heteroatoms. The van der Waals surface area contributed by atoms with E-state index >= 15 is 0 Å². The summed E-state index contributed by atoms with van der Waals surface area (Å²) < 4.78 is 5.11. The van der Waals surface area contributed by atoms with E-state index in [1.54, 1.807) is 31.2 Å². The van der Waals surface area contributed by atoms with Crippen molar-refractivity contribution in [3.05, 3.63) is 78.6 Å². The van der Waals surface area contributed by atoms with E-state index in [1.807, 2.05) is 0 Å². The van der Waals surface area contributed by atoms with Crippen LogP contribution < -0.4 is 5.63 Å². The van der Waals surface area contributed by atoms with E-state index in [0.29, 0.717) is 26.7 Å². The Morgan fingerprint density at radius 3 is 2.56 bits per heavy atom. The minimum absolute atomic E-state index is 0.0309. The molecule has 0 saturated carbocycles. The molecule has 1 heterocycles. The van der Waals surface area contributed by atoms with Crippen LogP contribution in [0.4, 0.5) is 5.69 Å². The average Bonchev–Trinajstić information content (AvgIpc) is 2.54. The van der Waals surface area contributed by atoms with Crippen molar-refractivity contribution in [2.45, 2.75) is 6.92 Å². The molecule has 0 fully saturated rings. The van der Waals surface area contributed by atoms with Gasteiger partial charge >= 0.3 is 5.63 Å².